The number of carboxylic acids is 1. The summed E-state index contributed by atoms with van der Waals surface area (Å²) in [6, 6.07) is 6.16. The lowest BCUT2D eigenvalue weighted by atomic mass is 10.2. The van der Waals surface area contributed by atoms with Crippen molar-refractivity contribution in [2.75, 3.05) is 5.32 Å². The van der Waals surface area contributed by atoms with Gasteiger partial charge in [0, 0.05) is 0 Å². The highest BCUT2D eigenvalue weighted by Crippen LogP contribution is 2.15. The SMILES string of the molecule is O=C(Nc1ccccc1C(=O)O)c1cnsn1. The maximum Gasteiger partial charge on any atom is 0.337 e. The molecule has 7 heteroatoms. The second-order valence-corrected chi connectivity index (χ2v) is 3.65. The zero-order chi connectivity index (χ0) is 12.3. The molecular weight excluding hydrogens is 242 g/mol. The zero-order valence-electron chi connectivity index (χ0n) is 8.45. The Bertz CT molecular complexity index is 554. The summed E-state index contributed by atoms with van der Waals surface area (Å²) < 4.78 is 7.45. The van der Waals surface area contributed by atoms with Crippen LogP contribution in [0.2, 0.25) is 0 Å². The minimum absolute atomic E-state index is 0.0315. The number of carboxylic acid groups (broad SMARTS) is 1. The number of nitrogens with one attached hydrogen (secondary N) is 1. The van der Waals surface area contributed by atoms with Crippen molar-refractivity contribution in [1.82, 2.24) is 8.75 Å². The molecule has 17 heavy (non-hydrogen) atoms. The van der Waals surface area contributed by atoms with Crippen molar-refractivity contribution >= 4 is 29.3 Å². The Kier molecular flexibility index (Phi) is 3.10. The van der Waals surface area contributed by atoms with Crippen LogP contribution in [0.5, 0.6) is 0 Å². The van der Waals surface area contributed by atoms with Crippen LogP contribution in [-0.4, -0.2) is 25.7 Å². The molecule has 2 rings (SSSR count). The molecule has 6 nitrogen and oxygen atoms in total. The molecule has 0 aliphatic heterocycles. The average Bonchev–Trinajstić information content (AvgIpc) is 2.83. The number of aromatic carboxylic acids is 1. The van der Waals surface area contributed by atoms with Crippen molar-refractivity contribution in [1.29, 1.82) is 0 Å². The molecule has 1 heterocycles. The van der Waals surface area contributed by atoms with Gasteiger partial charge in [0.25, 0.3) is 5.91 Å². The van der Waals surface area contributed by atoms with Gasteiger partial charge in [-0.25, -0.2) is 4.79 Å². The van der Waals surface area contributed by atoms with Gasteiger partial charge in [-0.2, -0.15) is 8.75 Å². The number of amides is 1. The van der Waals surface area contributed by atoms with E-state index < -0.39 is 11.9 Å². The Morgan fingerprint density at radius 2 is 2.06 bits per heavy atom. The molecular formula is C10H7N3O3S. The fraction of sp³-hybridized carbons (Fsp3) is 0. The second-order valence-electron chi connectivity index (χ2n) is 3.10. The molecule has 0 bridgehead atoms. The maximum absolute atomic E-state index is 11.7. The van der Waals surface area contributed by atoms with Gasteiger partial charge in [0.05, 0.1) is 29.2 Å². The molecule has 2 N–H and O–H groups in total. The molecule has 0 spiro atoms. The van der Waals surface area contributed by atoms with Crippen LogP contribution in [0.15, 0.2) is 30.5 Å². The minimum atomic E-state index is -1.10. The number of aromatic nitrogens is 2. The number of carbonyl (C=O) groups is 2. The third-order valence-electron chi connectivity index (χ3n) is 2.00. The van der Waals surface area contributed by atoms with Gasteiger partial charge in [0.2, 0.25) is 0 Å². The number of carbonyl (C=O) groups excluding carboxylic acids is 1. The molecule has 86 valence electrons. The van der Waals surface area contributed by atoms with Gasteiger partial charge >= 0.3 is 5.97 Å². The van der Waals surface area contributed by atoms with Crippen LogP contribution in [0.25, 0.3) is 0 Å². The molecule has 1 aromatic carbocycles. The largest absolute Gasteiger partial charge is 0.478 e. The normalized spacial score (nSPS) is 9.88. The fourth-order valence-corrected chi connectivity index (χ4v) is 1.64. The predicted molar refractivity (Wildman–Crippen MR) is 61.3 cm³/mol. The third-order valence-corrected chi connectivity index (χ3v) is 2.48. The smallest absolute Gasteiger partial charge is 0.337 e. The van der Waals surface area contributed by atoms with Crippen molar-refractivity contribution in [2.45, 2.75) is 0 Å². The van der Waals surface area contributed by atoms with Gasteiger partial charge in [0.15, 0.2) is 5.69 Å². The van der Waals surface area contributed by atoms with Crippen LogP contribution in [0, 0.1) is 0 Å². The van der Waals surface area contributed by atoms with E-state index in [1.165, 1.54) is 18.3 Å². The third kappa shape index (κ3) is 2.45. The molecule has 0 saturated heterocycles. The minimum Gasteiger partial charge on any atom is -0.478 e. The Morgan fingerprint density at radius 1 is 1.29 bits per heavy atom. The lowest BCUT2D eigenvalue weighted by Gasteiger charge is -2.06. The van der Waals surface area contributed by atoms with E-state index in [4.69, 9.17) is 5.11 Å². The van der Waals surface area contributed by atoms with Gasteiger partial charge in [-0.1, -0.05) is 12.1 Å². The van der Waals surface area contributed by atoms with E-state index in [1.54, 1.807) is 12.1 Å². The first-order valence-corrected chi connectivity index (χ1v) is 5.33. The second kappa shape index (κ2) is 4.71. The number of hydrogen-bond acceptors (Lipinski definition) is 5. The summed E-state index contributed by atoms with van der Waals surface area (Å²) in [6.07, 6.45) is 1.32. The molecule has 0 aliphatic carbocycles. The molecule has 0 radical (unpaired) electrons. The molecule has 1 amide bonds. The average molecular weight is 249 g/mol. The van der Waals surface area contributed by atoms with E-state index in [0.717, 1.165) is 11.7 Å². The first-order chi connectivity index (χ1) is 8.18. The summed E-state index contributed by atoms with van der Waals surface area (Å²) in [6.45, 7) is 0. The van der Waals surface area contributed by atoms with Crippen LogP contribution in [0.4, 0.5) is 5.69 Å². The summed E-state index contributed by atoms with van der Waals surface area (Å²) in [5.74, 6) is -1.58. The maximum atomic E-state index is 11.7. The predicted octanol–water partition coefficient (Wildman–Crippen LogP) is 1.49. The summed E-state index contributed by atoms with van der Waals surface area (Å²) in [5, 5.41) is 11.4. The molecule has 1 aromatic heterocycles. The van der Waals surface area contributed by atoms with E-state index in [0.29, 0.717) is 0 Å². The van der Waals surface area contributed by atoms with Crippen LogP contribution >= 0.6 is 11.7 Å². The number of nitrogens with zero attached hydrogens (tertiary/aromatic N) is 2. The Morgan fingerprint density at radius 3 is 2.71 bits per heavy atom. The fourth-order valence-electron chi connectivity index (χ4n) is 1.23. The highest BCUT2D eigenvalue weighted by Gasteiger charge is 2.14. The lowest BCUT2D eigenvalue weighted by molar-refractivity contribution is 0.0698. The molecule has 0 saturated carbocycles. The molecule has 0 unspecified atom stereocenters. The van der Waals surface area contributed by atoms with Crippen molar-refractivity contribution in [3.63, 3.8) is 0 Å². The molecule has 0 fully saturated rings. The number of benzene rings is 1. The monoisotopic (exact) mass is 249 g/mol. The van der Waals surface area contributed by atoms with Gasteiger partial charge in [-0.05, 0) is 12.1 Å². The summed E-state index contributed by atoms with van der Waals surface area (Å²) >= 11 is 0.912. The van der Waals surface area contributed by atoms with Crippen molar-refractivity contribution in [3.8, 4) is 0 Å². The topological polar surface area (TPSA) is 92.2 Å². The van der Waals surface area contributed by atoms with Gasteiger partial charge < -0.3 is 10.4 Å². The van der Waals surface area contributed by atoms with E-state index >= 15 is 0 Å². The first-order valence-electron chi connectivity index (χ1n) is 4.59. The number of para-hydroxylation sites is 1. The summed E-state index contributed by atoms with van der Waals surface area (Å²) in [7, 11) is 0. The number of rotatable bonds is 3. The van der Waals surface area contributed by atoms with E-state index in [-0.39, 0.29) is 16.9 Å². The lowest BCUT2D eigenvalue weighted by Crippen LogP contribution is -2.14. The molecule has 0 aliphatic rings. The quantitative estimate of drug-likeness (QED) is 0.859. The number of anilines is 1. The molecule has 0 atom stereocenters. The van der Waals surface area contributed by atoms with Crippen LogP contribution < -0.4 is 5.32 Å². The number of hydrogen-bond donors (Lipinski definition) is 2. The Labute approximate surface area is 100 Å². The van der Waals surface area contributed by atoms with Crippen LogP contribution in [0.3, 0.4) is 0 Å². The van der Waals surface area contributed by atoms with E-state index in [9.17, 15) is 9.59 Å². The van der Waals surface area contributed by atoms with Gasteiger partial charge in [-0.15, -0.1) is 0 Å². The summed E-state index contributed by atoms with van der Waals surface area (Å²) in [5.41, 5.74) is 0.428. The highest BCUT2D eigenvalue weighted by molar-refractivity contribution is 6.99. The Balaban J connectivity index is 2.25. The zero-order valence-corrected chi connectivity index (χ0v) is 9.27. The first kappa shape index (κ1) is 11.2. The van der Waals surface area contributed by atoms with Crippen molar-refractivity contribution < 1.29 is 14.7 Å². The van der Waals surface area contributed by atoms with E-state index in [2.05, 4.69) is 14.1 Å². The van der Waals surface area contributed by atoms with E-state index in [1.807, 2.05) is 0 Å². The highest BCUT2D eigenvalue weighted by atomic mass is 32.1. The Hall–Kier alpha value is -2.28. The standard InChI is InChI=1S/C10H7N3O3S/c14-9(8-5-11-17-13-8)12-7-4-2-1-3-6(7)10(15)16/h1-5H,(H,12,14)(H,15,16). The molecule has 2 aromatic rings. The van der Waals surface area contributed by atoms with Gasteiger partial charge in [0.1, 0.15) is 0 Å². The van der Waals surface area contributed by atoms with Crippen LogP contribution in [0.1, 0.15) is 20.8 Å². The van der Waals surface area contributed by atoms with Crippen molar-refractivity contribution in [3.05, 3.63) is 41.7 Å². The van der Waals surface area contributed by atoms with Crippen LogP contribution in [-0.2, 0) is 0 Å². The van der Waals surface area contributed by atoms with Gasteiger partial charge in [-0.3, -0.25) is 4.79 Å². The van der Waals surface area contributed by atoms with Crippen molar-refractivity contribution in [2.24, 2.45) is 0 Å². The summed E-state index contributed by atoms with van der Waals surface area (Å²) in [4.78, 5) is 22.6.